The molecule has 34 heavy (non-hydrogen) atoms. The molecule has 176 valence electrons. The molecule has 4 rings (SSSR count). The number of rotatable bonds is 8. The summed E-state index contributed by atoms with van der Waals surface area (Å²) in [6.45, 7) is 1.64. The molecule has 0 saturated heterocycles. The van der Waals surface area contributed by atoms with E-state index in [0.29, 0.717) is 11.3 Å². The van der Waals surface area contributed by atoms with Crippen LogP contribution in [0.4, 0.5) is 26.0 Å². The van der Waals surface area contributed by atoms with E-state index in [1.165, 1.54) is 24.7 Å². The number of carbonyl (C=O) groups excluding carboxylic acids is 1. The largest absolute Gasteiger partial charge is 0.508 e. The van der Waals surface area contributed by atoms with Crippen molar-refractivity contribution >= 4 is 44.0 Å². The van der Waals surface area contributed by atoms with Gasteiger partial charge >= 0.3 is 0 Å². The summed E-state index contributed by atoms with van der Waals surface area (Å²) in [5.74, 6) is -3.57. The first-order chi connectivity index (χ1) is 16.2. The molecule has 0 aliphatic heterocycles. The average molecular weight is 488 g/mol. The van der Waals surface area contributed by atoms with Crippen LogP contribution < -0.4 is 15.0 Å². The van der Waals surface area contributed by atoms with E-state index in [1.807, 2.05) is 0 Å². The van der Waals surface area contributed by atoms with E-state index in [1.54, 1.807) is 19.1 Å². The zero-order chi connectivity index (χ0) is 24.5. The van der Waals surface area contributed by atoms with Crippen LogP contribution >= 0.6 is 0 Å². The number of fused-ring (bicyclic) bond motifs is 1. The summed E-state index contributed by atoms with van der Waals surface area (Å²) in [7, 11) is -3.87. The van der Waals surface area contributed by atoms with Crippen LogP contribution in [0, 0.1) is 11.6 Å². The van der Waals surface area contributed by atoms with Crippen molar-refractivity contribution in [2.75, 3.05) is 15.8 Å². The second-order valence-corrected chi connectivity index (χ2v) is 9.25. The number of H-pyrrole nitrogens is 2. The fourth-order valence-electron chi connectivity index (χ4n) is 3.46. The number of aromatic hydroxyl groups is 1. The molecule has 0 spiro atoms. The van der Waals surface area contributed by atoms with Gasteiger partial charge in [0.2, 0.25) is 33.6 Å². The predicted octanol–water partition coefficient (Wildman–Crippen LogP) is 3.49. The van der Waals surface area contributed by atoms with Crippen molar-refractivity contribution in [2.24, 2.45) is 0 Å². The summed E-state index contributed by atoms with van der Waals surface area (Å²) in [6, 6.07) is 7.92. The van der Waals surface area contributed by atoms with Gasteiger partial charge in [-0.25, -0.2) is 22.2 Å². The molecule has 0 atom stereocenters. The highest BCUT2D eigenvalue weighted by molar-refractivity contribution is 7.92. The normalized spacial score (nSPS) is 11.5. The first-order valence-corrected chi connectivity index (χ1v) is 11.8. The number of benzene rings is 2. The van der Waals surface area contributed by atoms with Crippen LogP contribution in [0.5, 0.6) is 5.75 Å². The van der Waals surface area contributed by atoms with Gasteiger partial charge < -0.3 is 10.4 Å². The van der Waals surface area contributed by atoms with Crippen molar-refractivity contribution in [3.8, 4) is 5.75 Å². The average Bonchev–Trinajstić information content (AvgIpc) is 3.21. The molecule has 2 aromatic heterocycles. The Hall–Kier alpha value is -4.06. The van der Waals surface area contributed by atoms with Crippen LogP contribution in [-0.2, 0) is 10.0 Å². The summed E-state index contributed by atoms with van der Waals surface area (Å²) in [5, 5.41) is 12.9. The molecular weight excluding hydrogens is 468 g/mol. The van der Waals surface area contributed by atoms with E-state index in [0.717, 1.165) is 12.1 Å². The van der Waals surface area contributed by atoms with Gasteiger partial charge in [-0.1, -0.05) is 18.0 Å². The molecule has 0 amide bonds. The number of halogens is 2. The smallest absolute Gasteiger partial charge is 0.236 e. The number of phenols is 1. The highest BCUT2D eigenvalue weighted by atomic mass is 32.2. The van der Waals surface area contributed by atoms with Gasteiger partial charge in [-0.2, -0.15) is 0 Å². The van der Waals surface area contributed by atoms with Gasteiger partial charge in [-0.3, -0.25) is 14.5 Å². The molecule has 9 nitrogen and oxygen atoms in total. The lowest BCUT2D eigenvalue weighted by atomic mass is 10.0. The quantitative estimate of drug-likeness (QED) is 0.280. The molecular formula is C22H20F2N5O4S+. The van der Waals surface area contributed by atoms with Gasteiger partial charge in [-0.15, -0.1) is 0 Å². The van der Waals surface area contributed by atoms with E-state index in [-0.39, 0.29) is 34.7 Å². The molecule has 0 radical (unpaired) electrons. The fourth-order valence-corrected chi connectivity index (χ4v) is 4.60. The molecule has 12 heteroatoms. The number of anilines is 3. The van der Waals surface area contributed by atoms with Crippen LogP contribution in [0.2, 0.25) is 0 Å². The number of aromatic nitrogens is 3. The minimum Gasteiger partial charge on any atom is -0.508 e. The van der Waals surface area contributed by atoms with E-state index in [9.17, 15) is 22.7 Å². The van der Waals surface area contributed by atoms with Gasteiger partial charge in [0.1, 0.15) is 17.0 Å². The van der Waals surface area contributed by atoms with Crippen LogP contribution in [0.25, 0.3) is 11.0 Å². The molecule has 0 saturated carbocycles. The number of carbonyl (C=O) groups is 1. The second-order valence-electron chi connectivity index (χ2n) is 7.41. The molecule has 4 aromatic rings. The molecule has 0 aliphatic carbocycles. The Kier molecular flexibility index (Phi) is 6.16. The minimum atomic E-state index is -3.87. The van der Waals surface area contributed by atoms with Crippen molar-refractivity contribution in [1.29, 1.82) is 0 Å². The third kappa shape index (κ3) is 4.53. The number of nitrogens with one attached hydrogen (secondary N) is 4. The predicted molar refractivity (Wildman–Crippen MR) is 122 cm³/mol. The summed E-state index contributed by atoms with van der Waals surface area (Å²) in [5.41, 5.74) is -0.732. The van der Waals surface area contributed by atoms with Crippen LogP contribution in [-0.4, -0.2) is 35.0 Å². The highest BCUT2D eigenvalue weighted by Gasteiger charge is 2.28. The third-order valence-electron chi connectivity index (χ3n) is 4.93. The van der Waals surface area contributed by atoms with Gasteiger partial charge in [0.05, 0.1) is 28.8 Å². The maximum absolute atomic E-state index is 15.2. The summed E-state index contributed by atoms with van der Waals surface area (Å²) in [6.07, 6.45) is 2.91. The van der Waals surface area contributed by atoms with Crippen molar-refractivity contribution in [1.82, 2.24) is 9.97 Å². The molecule has 0 aliphatic rings. The summed E-state index contributed by atoms with van der Waals surface area (Å²) >= 11 is 0. The maximum atomic E-state index is 15.2. The van der Waals surface area contributed by atoms with E-state index >= 15 is 4.39 Å². The lowest BCUT2D eigenvalue weighted by Gasteiger charge is -2.11. The Morgan fingerprint density at radius 3 is 2.76 bits per heavy atom. The number of nitrogens with zero attached hydrogens (tertiary/aromatic N) is 1. The minimum absolute atomic E-state index is 0.000545. The SMILES string of the molecule is CCCS(=O)(=O)Nc1ccc(F)c(C(=O)c2c[nH]c3[nH+]cnc(Nc4cccc(O)c4)c23)c1F. The molecule has 0 fully saturated rings. The van der Waals surface area contributed by atoms with E-state index in [4.69, 9.17) is 0 Å². The zero-order valence-electron chi connectivity index (χ0n) is 17.8. The number of hydrogen-bond donors (Lipinski definition) is 4. The van der Waals surface area contributed by atoms with Crippen molar-refractivity contribution in [3.63, 3.8) is 0 Å². The zero-order valence-corrected chi connectivity index (χ0v) is 18.6. The fraction of sp³-hybridized carbons (Fsp3) is 0.136. The molecule has 2 heterocycles. The summed E-state index contributed by atoms with van der Waals surface area (Å²) in [4.78, 5) is 23.1. The van der Waals surface area contributed by atoms with Crippen LogP contribution in [0.1, 0.15) is 29.3 Å². The van der Waals surface area contributed by atoms with Crippen LogP contribution in [0.15, 0.2) is 48.9 Å². The molecule has 0 unspecified atom stereocenters. The second kappa shape index (κ2) is 9.06. The first-order valence-electron chi connectivity index (χ1n) is 10.2. The van der Waals surface area contributed by atoms with Crippen molar-refractivity contribution < 1.29 is 32.1 Å². The highest BCUT2D eigenvalue weighted by Crippen LogP contribution is 2.30. The lowest BCUT2D eigenvalue weighted by molar-refractivity contribution is -0.352. The number of aromatic amines is 2. The maximum Gasteiger partial charge on any atom is 0.236 e. The van der Waals surface area contributed by atoms with Crippen molar-refractivity contribution in [3.05, 3.63) is 71.7 Å². The number of ketones is 1. The lowest BCUT2D eigenvalue weighted by Crippen LogP contribution is -2.18. The van der Waals surface area contributed by atoms with Gasteiger partial charge in [0.15, 0.2) is 5.82 Å². The van der Waals surface area contributed by atoms with Gasteiger partial charge in [-0.05, 0) is 30.7 Å². The van der Waals surface area contributed by atoms with Gasteiger partial charge in [0, 0.05) is 11.8 Å². The summed E-state index contributed by atoms with van der Waals surface area (Å²) < 4.78 is 56.0. The topological polar surface area (TPSA) is 138 Å². The number of phenolic OH excluding ortho intramolecular Hbond substituents is 1. The Labute approximate surface area is 192 Å². The number of hydrogen-bond acceptors (Lipinski definition) is 6. The molecule has 5 N–H and O–H groups in total. The van der Waals surface area contributed by atoms with E-state index < -0.39 is 38.7 Å². The van der Waals surface area contributed by atoms with Crippen molar-refractivity contribution in [2.45, 2.75) is 13.3 Å². The van der Waals surface area contributed by atoms with Crippen LogP contribution in [0.3, 0.4) is 0 Å². The van der Waals surface area contributed by atoms with Gasteiger partial charge in [0.25, 0.3) is 0 Å². The Bertz CT molecular complexity index is 1500. The monoisotopic (exact) mass is 488 g/mol. The Morgan fingerprint density at radius 1 is 1.24 bits per heavy atom. The Morgan fingerprint density at radius 2 is 2.03 bits per heavy atom. The first kappa shape index (κ1) is 23.1. The molecule has 2 aromatic carbocycles. The Balaban J connectivity index is 1.79. The van der Waals surface area contributed by atoms with E-state index in [2.05, 4.69) is 25.0 Å². The standard InChI is InChI=1S/C22H19F2N5O4S/c1-2-8-34(32,33)29-16-7-6-15(23)18(19(16)24)20(31)14-10-25-21-17(14)22(27-11-26-21)28-12-4-3-5-13(30)9-12/h3-7,9-11,29-30H,2,8H2,1H3,(H2,25,26,27,28)/p+1. The molecule has 0 bridgehead atoms. The number of sulfonamides is 1. The third-order valence-corrected chi connectivity index (χ3v) is 6.41.